The highest BCUT2D eigenvalue weighted by Gasteiger charge is 2.47. The summed E-state index contributed by atoms with van der Waals surface area (Å²) in [4.78, 5) is 27.6. The van der Waals surface area contributed by atoms with Gasteiger partial charge in [-0.1, -0.05) is 0 Å². The van der Waals surface area contributed by atoms with Gasteiger partial charge in [0, 0.05) is 7.05 Å². The number of ether oxygens (including phenoxy) is 2. The minimum Gasteiger partial charge on any atom is -0.468 e. The average molecular weight is 361 g/mol. The van der Waals surface area contributed by atoms with Crippen LogP contribution < -0.4 is 21.0 Å². The van der Waals surface area contributed by atoms with E-state index in [4.69, 9.17) is 15.2 Å². The molecular formula is C12H19N5O8. The van der Waals surface area contributed by atoms with Crippen molar-refractivity contribution < 1.29 is 29.9 Å². The highest BCUT2D eigenvalue weighted by Crippen LogP contribution is 2.29. The molecular weight excluding hydrogens is 342 g/mol. The molecule has 0 saturated carbocycles. The summed E-state index contributed by atoms with van der Waals surface area (Å²) < 4.78 is 11.0. The molecule has 0 bridgehead atoms. The van der Waals surface area contributed by atoms with Crippen molar-refractivity contribution >= 4 is 11.5 Å². The van der Waals surface area contributed by atoms with Crippen LogP contribution in [0.2, 0.25) is 0 Å². The lowest BCUT2D eigenvalue weighted by Gasteiger charge is -2.42. The lowest BCUT2D eigenvalue weighted by atomic mass is 9.98. The lowest BCUT2D eigenvalue weighted by molar-refractivity contribution is -0.228. The van der Waals surface area contributed by atoms with Gasteiger partial charge in [-0.3, -0.25) is 9.36 Å². The molecule has 1 aliphatic heterocycles. The van der Waals surface area contributed by atoms with E-state index in [9.17, 15) is 30.1 Å². The molecule has 1 aromatic heterocycles. The Hall–Kier alpha value is -2.32. The zero-order chi connectivity index (χ0) is 18.9. The fourth-order valence-corrected chi connectivity index (χ4v) is 2.48. The van der Waals surface area contributed by atoms with Crippen LogP contribution in [0.1, 0.15) is 0 Å². The van der Waals surface area contributed by atoms with E-state index in [-0.39, 0.29) is 6.01 Å². The Labute approximate surface area is 140 Å². The van der Waals surface area contributed by atoms with Gasteiger partial charge in [0.15, 0.2) is 17.7 Å². The minimum absolute atomic E-state index is 0.133. The maximum atomic E-state index is 12.4. The van der Waals surface area contributed by atoms with Crippen LogP contribution in [0.5, 0.6) is 6.01 Å². The van der Waals surface area contributed by atoms with E-state index in [2.05, 4.69) is 10.3 Å². The molecule has 0 aliphatic carbocycles. The maximum Gasteiger partial charge on any atom is 0.300 e. The van der Waals surface area contributed by atoms with Crippen molar-refractivity contribution in [2.45, 2.75) is 30.6 Å². The number of hydrogen-bond donors (Lipinski definition) is 5. The van der Waals surface area contributed by atoms with E-state index < -0.39 is 54.3 Å². The first-order valence-corrected chi connectivity index (χ1v) is 7.12. The number of nitroso groups, excluding NO2 is 1. The van der Waals surface area contributed by atoms with Gasteiger partial charge in [-0.15, -0.1) is 4.91 Å². The first-order valence-electron chi connectivity index (χ1n) is 7.12. The molecule has 1 fully saturated rings. The molecule has 25 heavy (non-hydrogen) atoms. The predicted molar refractivity (Wildman–Crippen MR) is 82.5 cm³/mol. The molecule has 5 atom stereocenters. The van der Waals surface area contributed by atoms with Crippen LogP contribution in [-0.2, 0) is 11.8 Å². The number of rotatable bonds is 5. The summed E-state index contributed by atoms with van der Waals surface area (Å²) in [6.07, 6.45) is -8.24. The number of nitrogen functional groups attached to an aromatic ring is 1. The Balaban J connectivity index is 2.52. The second kappa shape index (κ2) is 7.28. The quantitative estimate of drug-likeness (QED) is 0.260. The summed E-state index contributed by atoms with van der Waals surface area (Å²) in [5, 5.41) is 41.9. The molecule has 0 spiro atoms. The second-order valence-corrected chi connectivity index (χ2v) is 5.34. The summed E-state index contributed by atoms with van der Waals surface area (Å²) in [7, 11) is 2.56. The largest absolute Gasteiger partial charge is 0.468 e. The minimum atomic E-state index is -1.83. The highest BCUT2D eigenvalue weighted by atomic mass is 16.6. The van der Waals surface area contributed by atoms with Crippen molar-refractivity contribution in [3.8, 4) is 6.01 Å². The van der Waals surface area contributed by atoms with E-state index in [1.54, 1.807) is 0 Å². The third kappa shape index (κ3) is 3.14. The van der Waals surface area contributed by atoms with E-state index >= 15 is 0 Å². The van der Waals surface area contributed by atoms with Gasteiger partial charge in [0.1, 0.15) is 24.4 Å². The Kier molecular flexibility index (Phi) is 5.54. The number of nitrogens with zero attached hydrogens (tertiary/aromatic N) is 4. The number of aliphatic hydroxyl groups is 4. The molecule has 0 unspecified atom stereocenters. The molecule has 13 nitrogen and oxygen atoms in total. The molecule has 2 heterocycles. The van der Waals surface area contributed by atoms with Crippen molar-refractivity contribution in [3.63, 3.8) is 0 Å². The fourth-order valence-electron chi connectivity index (χ4n) is 2.48. The van der Waals surface area contributed by atoms with Crippen LogP contribution in [-0.4, -0.2) is 74.3 Å². The Bertz CT molecular complexity index is 695. The van der Waals surface area contributed by atoms with Gasteiger partial charge in [0.05, 0.1) is 19.0 Å². The zero-order valence-electron chi connectivity index (χ0n) is 13.4. The molecule has 6 N–H and O–H groups in total. The van der Waals surface area contributed by atoms with Crippen molar-refractivity contribution in [2.24, 2.45) is 12.3 Å². The number of methoxy groups -OCH3 is 1. The van der Waals surface area contributed by atoms with Crippen LogP contribution in [0.4, 0.5) is 11.5 Å². The predicted octanol–water partition coefficient (Wildman–Crippen LogP) is -3.34. The maximum absolute atomic E-state index is 12.4. The van der Waals surface area contributed by atoms with Gasteiger partial charge in [0.2, 0.25) is 0 Å². The van der Waals surface area contributed by atoms with E-state index in [1.165, 1.54) is 14.2 Å². The van der Waals surface area contributed by atoms with Crippen LogP contribution >= 0.6 is 0 Å². The van der Waals surface area contributed by atoms with E-state index in [1.807, 2.05) is 0 Å². The molecule has 0 aromatic carbocycles. The fraction of sp³-hybridized carbons (Fsp3) is 0.667. The third-order valence-electron chi connectivity index (χ3n) is 3.86. The van der Waals surface area contributed by atoms with E-state index in [0.29, 0.717) is 5.01 Å². The molecule has 2 rings (SSSR count). The van der Waals surface area contributed by atoms with Gasteiger partial charge in [-0.2, -0.15) is 9.99 Å². The van der Waals surface area contributed by atoms with Crippen LogP contribution in [0, 0.1) is 4.91 Å². The molecule has 1 aliphatic rings. The summed E-state index contributed by atoms with van der Waals surface area (Å²) >= 11 is 0. The third-order valence-corrected chi connectivity index (χ3v) is 3.86. The Morgan fingerprint density at radius 1 is 1.36 bits per heavy atom. The van der Waals surface area contributed by atoms with Gasteiger partial charge in [0.25, 0.3) is 5.56 Å². The molecule has 140 valence electrons. The van der Waals surface area contributed by atoms with Crippen LogP contribution in [0.3, 0.4) is 0 Å². The first kappa shape index (κ1) is 19.0. The summed E-state index contributed by atoms with van der Waals surface area (Å²) in [5.41, 5.74) is 4.32. The van der Waals surface area contributed by atoms with Gasteiger partial charge >= 0.3 is 6.01 Å². The number of anilines is 2. The standard InChI is InChI=1S/C12H19N5O8/c1-16-10(22)5(9(13)14-12(16)24-2)17(15-23)11-8(21)7(20)6(19)4(3-18)25-11/h4,6-8,11,18-21H,3,13H2,1-2H3/t4-,6-,7+,8-,11-/m1/s1. The van der Waals surface area contributed by atoms with Gasteiger partial charge in [-0.25, -0.2) is 0 Å². The van der Waals surface area contributed by atoms with Crippen molar-refractivity contribution in [1.82, 2.24) is 9.55 Å². The number of nitrogens with two attached hydrogens (primary N) is 1. The van der Waals surface area contributed by atoms with E-state index in [0.717, 1.165) is 4.57 Å². The van der Waals surface area contributed by atoms with Crippen LogP contribution in [0.15, 0.2) is 10.1 Å². The van der Waals surface area contributed by atoms with Gasteiger partial charge in [-0.05, 0) is 0 Å². The molecule has 1 saturated heterocycles. The average Bonchev–Trinajstić information content (AvgIpc) is 2.60. The van der Waals surface area contributed by atoms with Gasteiger partial charge < -0.3 is 35.6 Å². The zero-order valence-corrected chi connectivity index (χ0v) is 13.4. The highest BCUT2D eigenvalue weighted by molar-refractivity contribution is 5.62. The molecule has 1 aromatic rings. The molecule has 0 radical (unpaired) electrons. The number of aliphatic hydroxyl groups excluding tert-OH is 4. The van der Waals surface area contributed by atoms with Crippen molar-refractivity contribution in [2.75, 3.05) is 24.5 Å². The first-order chi connectivity index (χ1) is 11.8. The summed E-state index contributed by atoms with van der Waals surface area (Å²) in [5.74, 6) is -0.434. The van der Waals surface area contributed by atoms with Crippen molar-refractivity contribution in [1.29, 1.82) is 0 Å². The van der Waals surface area contributed by atoms with Crippen LogP contribution in [0.25, 0.3) is 0 Å². The second-order valence-electron chi connectivity index (χ2n) is 5.34. The van der Waals surface area contributed by atoms with Crippen molar-refractivity contribution in [3.05, 3.63) is 15.3 Å². The monoisotopic (exact) mass is 361 g/mol. The number of hydrogen-bond acceptors (Lipinski definition) is 11. The normalized spacial score (nSPS) is 29.3. The lowest BCUT2D eigenvalue weighted by Crippen LogP contribution is -2.63. The Morgan fingerprint density at radius 3 is 2.52 bits per heavy atom. The number of aromatic nitrogens is 2. The SMILES string of the molecule is COc1nc(N)c(N(N=O)[C@@H]2O[C@H](CO)[C@@H](O)[C@H](O)[C@H]2O)c(=O)n1C. The summed E-state index contributed by atoms with van der Waals surface area (Å²) in [6.45, 7) is -0.720. The Morgan fingerprint density at radius 2 is 2.00 bits per heavy atom. The smallest absolute Gasteiger partial charge is 0.300 e. The summed E-state index contributed by atoms with van der Waals surface area (Å²) in [6, 6.07) is -0.133. The topological polar surface area (TPSA) is 193 Å². The molecule has 0 amide bonds. The molecule has 13 heteroatoms.